The minimum absolute atomic E-state index is 0.0454. The lowest BCUT2D eigenvalue weighted by Crippen LogP contribution is -2.46. The predicted molar refractivity (Wildman–Crippen MR) is 107 cm³/mol. The van der Waals surface area contributed by atoms with Gasteiger partial charge >= 0.3 is 0 Å². The average molecular weight is 398 g/mol. The van der Waals surface area contributed by atoms with Gasteiger partial charge in [0.05, 0.1) is 13.3 Å². The van der Waals surface area contributed by atoms with Gasteiger partial charge in [-0.15, -0.1) is 5.10 Å². The number of piperazine rings is 1. The zero-order valence-corrected chi connectivity index (χ0v) is 15.8. The number of hydrogen-bond donors (Lipinski definition) is 1. The maximum atomic E-state index is 13.8. The van der Waals surface area contributed by atoms with Crippen LogP contribution in [0.1, 0.15) is 0 Å². The Balaban J connectivity index is 1.43. The van der Waals surface area contributed by atoms with E-state index in [4.69, 9.17) is 4.74 Å². The van der Waals surface area contributed by atoms with Crippen LogP contribution in [0.5, 0.6) is 5.75 Å². The van der Waals surface area contributed by atoms with Gasteiger partial charge in [0.15, 0.2) is 5.82 Å². The van der Waals surface area contributed by atoms with Gasteiger partial charge in [-0.05, 0) is 36.4 Å². The molecule has 1 aliphatic heterocycles. The summed E-state index contributed by atoms with van der Waals surface area (Å²) in [5.74, 6) is 0.0442. The van der Waals surface area contributed by atoms with Crippen molar-refractivity contribution in [2.45, 2.75) is 0 Å². The van der Waals surface area contributed by atoms with E-state index in [0.717, 1.165) is 37.6 Å². The molecule has 0 saturated carbocycles. The largest absolute Gasteiger partial charge is 0.497 e. The minimum Gasteiger partial charge on any atom is -0.497 e. The van der Waals surface area contributed by atoms with Gasteiger partial charge in [-0.1, -0.05) is 6.07 Å². The zero-order chi connectivity index (χ0) is 20.2. The molecule has 3 aromatic rings. The lowest BCUT2D eigenvalue weighted by Gasteiger charge is -2.36. The summed E-state index contributed by atoms with van der Waals surface area (Å²) in [7, 11) is 1.65. The van der Waals surface area contributed by atoms with Gasteiger partial charge in [-0.25, -0.2) is 8.78 Å². The molecule has 0 aliphatic carbocycles. The van der Waals surface area contributed by atoms with E-state index in [1.165, 1.54) is 18.2 Å². The molecule has 9 heteroatoms. The molecular formula is C20H20F2N6O. The quantitative estimate of drug-likeness (QED) is 0.708. The van der Waals surface area contributed by atoms with Crippen LogP contribution in [0, 0.1) is 11.6 Å². The fourth-order valence-corrected chi connectivity index (χ4v) is 3.22. The number of hydrogen-bond acceptors (Lipinski definition) is 7. The summed E-state index contributed by atoms with van der Waals surface area (Å²) in [5, 5.41) is 10.3. The highest BCUT2D eigenvalue weighted by molar-refractivity contribution is 5.56. The molecule has 2 heterocycles. The summed E-state index contributed by atoms with van der Waals surface area (Å²) in [4.78, 5) is 8.71. The molecule has 1 aromatic heterocycles. The first kappa shape index (κ1) is 18.9. The summed E-state index contributed by atoms with van der Waals surface area (Å²) in [6.07, 6.45) is 1.55. The fraction of sp³-hybridized carbons (Fsp3) is 0.250. The van der Waals surface area contributed by atoms with Crippen molar-refractivity contribution in [3.8, 4) is 5.75 Å². The van der Waals surface area contributed by atoms with E-state index < -0.39 is 11.6 Å². The van der Waals surface area contributed by atoms with Crippen LogP contribution in [0.15, 0.2) is 48.7 Å². The first-order valence-electron chi connectivity index (χ1n) is 9.19. The highest BCUT2D eigenvalue weighted by Crippen LogP contribution is 2.24. The molecule has 0 radical (unpaired) electrons. The fourth-order valence-electron chi connectivity index (χ4n) is 3.22. The number of nitrogens with one attached hydrogen (secondary N) is 1. The van der Waals surface area contributed by atoms with Crippen molar-refractivity contribution in [3.63, 3.8) is 0 Å². The van der Waals surface area contributed by atoms with Gasteiger partial charge in [0.2, 0.25) is 5.95 Å². The Morgan fingerprint density at radius 2 is 1.59 bits per heavy atom. The molecule has 1 saturated heterocycles. The topological polar surface area (TPSA) is 66.4 Å². The molecule has 0 amide bonds. The summed E-state index contributed by atoms with van der Waals surface area (Å²) >= 11 is 0. The minimum atomic E-state index is -0.716. The van der Waals surface area contributed by atoms with Crippen molar-refractivity contribution in [1.29, 1.82) is 0 Å². The maximum Gasteiger partial charge on any atom is 0.249 e. The molecule has 1 aliphatic rings. The van der Waals surface area contributed by atoms with E-state index in [1.807, 2.05) is 24.3 Å². The van der Waals surface area contributed by atoms with Crippen molar-refractivity contribution in [2.75, 3.05) is 48.4 Å². The Labute approximate surface area is 167 Å². The van der Waals surface area contributed by atoms with Gasteiger partial charge in [-0.3, -0.25) is 0 Å². The Bertz CT molecular complexity index is 957. The molecule has 1 N–H and O–H groups in total. The van der Waals surface area contributed by atoms with Crippen molar-refractivity contribution < 1.29 is 13.5 Å². The Morgan fingerprint density at radius 1 is 0.931 bits per heavy atom. The van der Waals surface area contributed by atoms with Crippen LogP contribution in [-0.2, 0) is 0 Å². The first-order valence-corrected chi connectivity index (χ1v) is 9.19. The number of halogens is 2. The lowest BCUT2D eigenvalue weighted by molar-refractivity contribution is 0.415. The first-order chi connectivity index (χ1) is 14.1. The van der Waals surface area contributed by atoms with Crippen molar-refractivity contribution in [2.24, 2.45) is 0 Å². The summed E-state index contributed by atoms with van der Waals surface area (Å²) < 4.78 is 32.9. The third-order valence-corrected chi connectivity index (χ3v) is 4.79. The molecule has 0 unspecified atom stereocenters. The molecule has 29 heavy (non-hydrogen) atoms. The van der Waals surface area contributed by atoms with Gasteiger partial charge in [0, 0.05) is 31.9 Å². The number of methoxy groups -OCH3 is 1. The van der Waals surface area contributed by atoms with Crippen LogP contribution in [0.2, 0.25) is 0 Å². The molecule has 2 aromatic carbocycles. The van der Waals surface area contributed by atoms with Crippen LogP contribution in [0.4, 0.5) is 31.9 Å². The van der Waals surface area contributed by atoms with Crippen molar-refractivity contribution >= 4 is 23.1 Å². The molecule has 0 bridgehead atoms. The molecule has 7 nitrogen and oxygen atoms in total. The van der Waals surface area contributed by atoms with Crippen LogP contribution in [0.25, 0.3) is 0 Å². The zero-order valence-electron chi connectivity index (χ0n) is 15.8. The SMILES string of the molecule is COc1ccc(N2CCN(c3cnnc(Nc4c(F)cccc4F)n3)CC2)cc1. The Morgan fingerprint density at radius 3 is 2.24 bits per heavy atom. The number of nitrogens with zero attached hydrogens (tertiary/aromatic N) is 5. The van der Waals surface area contributed by atoms with Crippen molar-refractivity contribution in [3.05, 3.63) is 60.3 Å². The van der Waals surface area contributed by atoms with E-state index in [0.29, 0.717) is 5.82 Å². The molecule has 0 atom stereocenters. The van der Waals surface area contributed by atoms with Crippen LogP contribution >= 0.6 is 0 Å². The number of ether oxygens (including phenoxy) is 1. The number of para-hydroxylation sites is 1. The second kappa shape index (κ2) is 8.26. The molecule has 150 valence electrons. The Hall–Kier alpha value is -3.49. The highest BCUT2D eigenvalue weighted by atomic mass is 19.1. The van der Waals surface area contributed by atoms with E-state index >= 15 is 0 Å². The smallest absolute Gasteiger partial charge is 0.249 e. The normalized spacial score (nSPS) is 14.0. The van der Waals surface area contributed by atoms with Gasteiger partial charge in [0.25, 0.3) is 0 Å². The maximum absolute atomic E-state index is 13.8. The standard InChI is InChI=1S/C20H20F2N6O/c1-29-15-7-5-14(6-8-15)27-9-11-28(12-10-27)18-13-23-26-20(24-18)25-19-16(21)3-2-4-17(19)22/h2-8,13H,9-12H2,1H3,(H,24,25,26). The van der Waals surface area contributed by atoms with Gasteiger partial charge in [0.1, 0.15) is 23.1 Å². The van der Waals surface area contributed by atoms with E-state index in [2.05, 4.69) is 30.3 Å². The third-order valence-electron chi connectivity index (χ3n) is 4.79. The number of aromatic nitrogens is 3. The van der Waals surface area contributed by atoms with Crippen LogP contribution < -0.4 is 19.9 Å². The van der Waals surface area contributed by atoms with E-state index in [9.17, 15) is 8.78 Å². The monoisotopic (exact) mass is 398 g/mol. The summed E-state index contributed by atoms with van der Waals surface area (Å²) in [6, 6.07) is 11.6. The molecule has 4 rings (SSSR count). The van der Waals surface area contributed by atoms with Crippen molar-refractivity contribution in [1.82, 2.24) is 15.2 Å². The highest BCUT2D eigenvalue weighted by Gasteiger charge is 2.20. The van der Waals surface area contributed by atoms with Crippen LogP contribution in [-0.4, -0.2) is 48.5 Å². The lowest BCUT2D eigenvalue weighted by atomic mass is 10.2. The summed E-state index contributed by atoms with van der Waals surface area (Å²) in [5.41, 5.74) is 0.833. The second-order valence-corrected chi connectivity index (χ2v) is 6.53. The van der Waals surface area contributed by atoms with Crippen LogP contribution in [0.3, 0.4) is 0 Å². The number of rotatable bonds is 5. The molecule has 0 spiro atoms. The third kappa shape index (κ3) is 4.18. The molecule has 1 fully saturated rings. The predicted octanol–water partition coefficient (Wildman–Crippen LogP) is 3.23. The summed E-state index contributed by atoms with van der Waals surface area (Å²) in [6.45, 7) is 3.08. The number of anilines is 4. The Kier molecular flexibility index (Phi) is 5.37. The number of benzene rings is 2. The molecular weight excluding hydrogens is 378 g/mol. The second-order valence-electron chi connectivity index (χ2n) is 6.53. The van der Waals surface area contributed by atoms with E-state index in [-0.39, 0.29) is 11.6 Å². The van der Waals surface area contributed by atoms with E-state index in [1.54, 1.807) is 13.3 Å². The average Bonchev–Trinajstić information content (AvgIpc) is 2.77. The van der Waals surface area contributed by atoms with Gasteiger partial charge in [-0.2, -0.15) is 10.1 Å². The van der Waals surface area contributed by atoms with Gasteiger partial charge < -0.3 is 19.9 Å².